The average Bonchev–Trinajstić information content (AvgIpc) is 3.40. The van der Waals surface area contributed by atoms with E-state index in [2.05, 4.69) is 29.9 Å². The maximum atomic E-state index is 13.4. The summed E-state index contributed by atoms with van der Waals surface area (Å²) < 4.78 is 38.3. The molecule has 2 saturated heterocycles. The molecule has 3 aliphatic rings. The van der Waals surface area contributed by atoms with Crippen LogP contribution in [0.4, 0.5) is 11.8 Å². The highest BCUT2D eigenvalue weighted by molar-refractivity contribution is 8.01. The van der Waals surface area contributed by atoms with E-state index in [1.165, 1.54) is 30.7 Å². The van der Waals surface area contributed by atoms with Crippen LogP contribution in [0.3, 0.4) is 0 Å². The van der Waals surface area contributed by atoms with E-state index in [0.717, 1.165) is 11.8 Å². The second-order valence-corrected chi connectivity index (χ2v) is 14.1. The molecule has 0 amide bonds. The number of aromatic amines is 1. The van der Waals surface area contributed by atoms with Gasteiger partial charge in [0.15, 0.2) is 28.9 Å². The summed E-state index contributed by atoms with van der Waals surface area (Å²) in [7, 11) is -3.37. The van der Waals surface area contributed by atoms with Gasteiger partial charge in [0.2, 0.25) is 5.95 Å². The van der Waals surface area contributed by atoms with E-state index in [-0.39, 0.29) is 35.8 Å². The lowest BCUT2D eigenvalue weighted by Crippen LogP contribution is -2.36. The van der Waals surface area contributed by atoms with Crippen molar-refractivity contribution in [2.45, 2.75) is 66.1 Å². The number of H-pyrrole nitrogens is 1. The van der Waals surface area contributed by atoms with Gasteiger partial charge < -0.3 is 36.0 Å². The molecule has 4 aromatic rings. The number of nitrogens with zero attached hydrogens (tertiary/aromatic N) is 7. The molecule has 0 bridgehead atoms. The zero-order valence-electron chi connectivity index (χ0n) is 23.2. The number of aliphatic hydroxyl groups excluding tert-OH is 2. The lowest BCUT2D eigenvalue weighted by molar-refractivity contribution is -0.103. The van der Waals surface area contributed by atoms with Gasteiger partial charge in [-0.15, -0.1) is 11.8 Å². The van der Waals surface area contributed by atoms with Gasteiger partial charge in [-0.1, -0.05) is 0 Å². The van der Waals surface area contributed by atoms with E-state index in [9.17, 15) is 24.5 Å². The van der Waals surface area contributed by atoms with Gasteiger partial charge in [0.25, 0.3) is 5.56 Å². The van der Waals surface area contributed by atoms with Gasteiger partial charge in [0, 0.05) is 13.5 Å². The lowest BCUT2D eigenvalue weighted by Gasteiger charge is -2.28. The van der Waals surface area contributed by atoms with Crippen molar-refractivity contribution in [2.75, 3.05) is 25.2 Å². The molecule has 1 spiro atoms. The quantitative estimate of drug-likeness (QED) is 0.130. The van der Waals surface area contributed by atoms with Gasteiger partial charge in [-0.3, -0.25) is 28.0 Å². The van der Waals surface area contributed by atoms with Gasteiger partial charge in [-0.2, -0.15) is 4.98 Å². The molecule has 236 valence electrons. The summed E-state index contributed by atoms with van der Waals surface area (Å²) in [5.74, 6) is 0.0330. The fraction of sp³-hybridized carbons (Fsp3) is 0.565. The number of nitrogen functional groups attached to an aromatic ring is 2. The summed E-state index contributed by atoms with van der Waals surface area (Å²) >= 11 is 1.12. The fourth-order valence-corrected chi connectivity index (χ4v) is 8.72. The van der Waals surface area contributed by atoms with Crippen LogP contribution in [0.15, 0.2) is 23.8 Å². The maximum Gasteiger partial charge on any atom is 0.472 e. The van der Waals surface area contributed by atoms with Gasteiger partial charge in [0.1, 0.15) is 35.5 Å². The van der Waals surface area contributed by atoms with Gasteiger partial charge in [-0.05, 0) is 13.3 Å². The number of anilines is 2. The number of phosphoric acid groups is 1. The molecule has 44 heavy (non-hydrogen) atoms. The first-order chi connectivity index (χ1) is 20.8. The summed E-state index contributed by atoms with van der Waals surface area (Å²) in [6.07, 6.45) is -0.293. The monoisotopic (exact) mass is 652 g/mol. The van der Waals surface area contributed by atoms with Crippen molar-refractivity contribution >= 4 is 53.7 Å². The first kappa shape index (κ1) is 29.5. The second kappa shape index (κ2) is 10.2. The van der Waals surface area contributed by atoms with Crippen molar-refractivity contribution in [2.24, 2.45) is 0 Å². The molecule has 3 unspecified atom stereocenters. The highest BCUT2D eigenvalue weighted by Gasteiger charge is 2.69. The van der Waals surface area contributed by atoms with E-state index < -0.39 is 66.4 Å². The number of methoxy groups -OCH3 is 1. The summed E-state index contributed by atoms with van der Waals surface area (Å²) in [6, 6.07) is 0. The zero-order chi connectivity index (χ0) is 31.2. The predicted octanol–water partition coefficient (Wildman–Crippen LogP) is -0.572. The van der Waals surface area contributed by atoms with Crippen molar-refractivity contribution in [1.29, 1.82) is 0 Å². The van der Waals surface area contributed by atoms with Crippen molar-refractivity contribution in [3.63, 3.8) is 0 Å². The number of thioether (sulfide) groups is 1. The standard InChI is InChI=1S/C23H29N10O9PS/c1-22(3-9(39-2)19(41-22)32-7-28-11-15(24)26-6-27-16(11)32)5-40-43(37,38)42-13-14(35)23(4-10(23)34)44-20(13)33-8-29-12-17(33)30-21(25)31-18(12)36/h6-10,13-14,19-20,34-35H,3-5H2,1-2H3,(H,37,38)(H2,24,26,27)(H3,25,30,31,36)/t9-,10?,13-,14+,19-,20-,22+,23?/m1/s1. The number of ether oxygens (including phenoxy) is 2. The third kappa shape index (κ3) is 4.68. The summed E-state index contributed by atoms with van der Waals surface area (Å²) in [5, 5.41) is 20.6. The largest absolute Gasteiger partial charge is 0.472 e. The number of hydrogen-bond acceptors (Lipinski definition) is 16. The van der Waals surface area contributed by atoms with E-state index in [1.807, 2.05) is 0 Å². The van der Waals surface area contributed by atoms with Crippen LogP contribution in [0.5, 0.6) is 0 Å². The first-order valence-corrected chi connectivity index (χ1v) is 15.8. The first-order valence-electron chi connectivity index (χ1n) is 13.4. The minimum Gasteiger partial charge on any atom is -0.392 e. The number of nitrogens with one attached hydrogen (secondary N) is 1. The fourth-order valence-electron chi connectivity index (χ4n) is 5.87. The van der Waals surface area contributed by atoms with Crippen molar-refractivity contribution < 1.29 is 38.2 Å². The Bertz CT molecular complexity index is 1870. The summed E-state index contributed by atoms with van der Waals surface area (Å²) in [5.41, 5.74) is 10.8. The molecule has 0 aromatic carbocycles. The van der Waals surface area contributed by atoms with Crippen molar-refractivity contribution in [3.05, 3.63) is 29.3 Å². The third-order valence-electron chi connectivity index (χ3n) is 8.18. The molecule has 19 nitrogen and oxygen atoms in total. The molecule has 9 atom stereocenters. The minimum atomic E-state index is -4.87. The van der Waals surface area contributed by atoms with Crippen LogP contribution in [0.1, 0.15) is 31.4 Å². The number of phosphoric ester groups is 1. The molecule has 7 rings (SSSR count). The molecule has 1 saturated carbocycles. The Morgan fingerprint density at radius 3 is 2.61 bits per heavy atom. The summed E-state index contributed by atoms with van der Waals surface area (Å²) in [4.78, 5) is 46.3. The molecule has 6 heterocycles. The van der Waals surface area contributed by atoms with Crippen LogP contribution in [-0.4, -0.2) is 103 Å². The Morgan fingerprint density at radius 1 is 1.16 bits per heavy atom. The molecule has 1 aliphatic carbocycles. The van der Waals surface area contributed by atoms with Crippen molar-refractivity contribution in [1.82, 2.24) is 39.0 Å². The van der Waals surface area contributed by atoms with Crippen LogP contribution < -0.4 is 17.0 Å². The number of hydrogen-bond donors (Lipinski definition) is 6. The molecule has 0 radical (unpaired) electrons. The minimum absolute atomic E-state index is 0.0258. The number of aromatic nitrogens is 8. The van der Waals surface area contributed by atoms with Crippen LogP contribution in [-0.2, 0) is 23.1 Å². The Balaban J connectivity index is 1.11. The number of rotatable bonds is 8. The molecule has 21 heteroatoms. The number of nitrogens with two attached hydrogens (primary N) is 2. The van der Waals surface area contributed by atoms with E-state index in [4.69, 9.17) is 30.0 Å². The maximum absolute atomic E-state index is 13.4. The molecular weight excluding hydrogens is 623 g/mol. The highest BCUT2D eigenvalue weighted by Crippen LogP contribution is 2.65. The van der Waals surface area contributed by atoms with E-state index >= 15 is 0 Å². The number of fused-ring (bicyclic) bond motifs is 2. The number of imidazole rings is 2. The lowest BCUT2D eigenvalue weighted by atomic mass is 10.0. The topological polar surface area (TPSA) is 274 Å². The van der Waals surface area contributed by atoms with Crippen LogP contribution in [0, 0.1) is 0 Å². The predicted molar refractivity (Wildman–Crippen MR) is 153 cm³/mol. The average molecular weight is 653 g/mol. The smallest absolute Gasteiger partial charge is 0.392 e. The Morgan fingerprint density at radius 2 is 1.89 bits per heavy atom. The van der Waals surface area contributed by atoms with Gasteiger partial charge in [-0.25, -0.2) is 24.5 Å². The van der Waals surface area contributed by atoms with E-state index in [0.29, 0.717) is 11.2 Å². The normalized spacial score (nSPS) is 34.8. The third-order valence-corrected chi connectivity index (χ3v) is 11.0. The SMILES string of the molecule is CO[C@@H]1C[C@@](C)(COP(=O)(O)O[C@H]2[C@H](n3cnc4c(=O)[nH]c(N)nc43)SC3(CC3O)[C@H]2O)O[C@H]1n1cnc2c(N)ncnc21. The summed E-state index contributed by atoms with van der Waals surface area (Å²) in [6.45, 7) is 1.29. The molecular formula is C23H29N10O9PS. The highest BCUT2D eigenvalue weighted by atomic mass is 32.2. The molecule has 3 fully saturated rings. The van der Waals surface area contributed by atoms with Crippen molar-refractivity contribution in [3.8, 4) is 0 Å². The van der Waals surface area contributed by atoms with Crippen LogP contribution in [0.2, 0.25) is 0 Å². The van der Waals surface area contributed by atoms with Crippen LogP contribution in [0.25, 0.3) is 22.3 Å². The zero-order valence-corrected chi connectivity index (χ0v) is 25.0. The molecule has 4 aromatic heterocycles. The Labute approximate surface area is 251 Å². The number of aliphatic hydroxyl groups is 2. The van der Waals surface area contributed by atoms with Gasteiger partial charge >= 0.3 is 7.82 Å². The molecule has 8 N–H and O–H groups in total. The van der Waals surface area contributed by atoms with Crippen LogP contribution >= 0.6 is 19.6 Å². The second-order valence-electron chi connectivity index (χ2n) is 11.2. The van der Waals surface area contributed by atoms with E-state index in [1.54, 1.807) is 11.5 Å². The molecule has 2 aliphatic heterocycles. The van der Waals surface area contributed by atoms with Gasteiger partial charge in [0.05, 0.1) is 35.7 Å². The Kier molecular flexibility index (Phi) is 6.81. The Hall–Kier alpha value is -3.20.